The van der Waals surface area contributed by atoms with Crippen molar-refractivity contribution in [2.75, 3.05) is 0 Å². The van der Waals surface area contributed by atoms with Crippen LogP contribution in [0.3, 0.4) is 0 Å². The van der Waals surface area contributed by atoms with Crippen LogP contribution in [0.2, 0.25) is 0 Å². The average Bonchev–Trinajstić information content (AvgIpc) is 2.03. The number of hydrogen-bond donors (Lipinski definition) is 0. The summed E-state index contributed by atoms with van der Waals surface area (Å²) in [5.74, 6) is 0. The Bertz CT molecular complexity index is 191. The van der Waals surface area contributed by atoms with Gasteiger partial charge in [0.15, 0.2) is 6.42 Å². The van der Waals surface area contributed by atoms with Crippen LogP contribution in [0.5, 0.6) is 0 Å². The molecule has 0 radical (unpaired) electrons. The Balaban J connectivity index is 2.50. The molecule has 1 aromatic carbocycles. The molecule has 0 aromatic heterocycles. The lowest BCUT2D eigenvalue weighted by Crippen LogP contribution is -1.84. The van der Waals surface area contributed by atoms with E-state index < -0.39 is 0 Å². The predicted molar refractivity (Wildman–Crippen MR) is 40.5 cm³/mol. The van der Waals surface area contributed by atoms with Gasteiger partial charge in [-0.25, -0.2) is 4.79 Å². The van der Waals surface area contributed by atoms with E-state index in [0.717, 1.165) is 12.7 Å². The van der Waals surface area contributed by atoms with Crippen LogP contribution in [0, 0.1) is 6.42 Å². The van der Waals surface area contributed by atoms with Crippen LogP contribution in [0.15, 0.2) is 30.3 Å². The summed E-state index contributed by atoms with van der Waals surface area (Å²) in [6.07, 6.45) is 3.17. The summed E-state index contributed by atoms with van der Waals surface area (Å²) in [6, 6.07) is 9.90. The zero-order valence-electron chi connectivity index (χ0n) is 5.66. The number of carbonyl (C=O) groups is 1. The van der Waals surface area contributed by atoms with Crippen molar-refractivity contribution in [1.82, 2.24) is 0 Å². The third-order valence-electron chi connectivity index (χ3n) is 1.29. The topological polar surface area (TPSA) is 17.1 Å². The molecule has 1 heteroatoms. The van der Waals surface area contributed by atoms with Gasteiger partial charge in [-0.15, -0.1) is 0 Å². The van der Waals surface area contributed by atoms with Crippen molar-refractivity contribution in [1.29, 1.82) is 0 Å². The molecule has 0 amide bonds. The van der Waals surface area contributed by atoms with Crippen LogP contribution in [-0.4, -0.2) is 6.29 Å². The van der Waals surface area contributed by atoms with Gasteiger partial charge in [-0.2, -0.15) is 0 Å². The van der Waals surface area contributed by atoms with Crippen molar-refractivity contribution >= 4 is 6.29 Å². The molecule has 50 valence electrons. The van der Waals surface area contributed by atoms with Gasteiger partial charge in [0.2, 0.25) is 0 Å². The quantitative estimate of drug-likeness (QED) is 0.452. The second kappa shape index (κ2) is 3.72. The van der Waals surface area contributed by atoms with Crippen LogP contribution < -0.4 is 0 Å². The van der Waals surface area contributed by atoms with E-state index in [9.17, 15) is 4.79 Å². The molecular weight excluding hydrogens is 124 g/mol. The molecule has 0 aliphatic heterocycles. The van der Waals surface area contributed by atoms with E-state index in [1.807, 2.05) is 30.3 Å². The lowest BCUT2D eigenvalue weighted by atomic mass is 10.1. The minimum absolute atomic E-state index is 0.740. The first kappa shape index (κ1) is 6.87. The maximum Gasteiger partial charge on any atom is 0.294 e. The molecule has 0 unspecified atom stereocenters. The van der Waals surface area contributed by atoms with Crippen LogP contribution in [0.4, 0.5) is 0 Å². The van der Waals surface area contributed by atoms with Gasteiger partial charge in [0, 0.05) is 0 Å². The molecule has 0 atom stereocenters. The van der Waals surface area contributed by atoms with Gasteiger partial charge >= 0.3 is 0 Å². The number of rotatable bonds is 3. The van der Waals surface area contributed by atoms with Gasteiger partial charge < -0.3 is 0 Å². The van der Waals surface area contributed by atoms with Crippen molar-refractivity contribution in [2.24, 2.45) is 0 Å². The number of aldehydes is 1. The van der Waals surface area contributed by atoms with Crippen LogP contribution in [-0.2, 0) is 11.2 Å². The summed E-state index contributed by atoms with van der Waals surface area (Å²) in [7, 11) is 0. The molecular formula is C9H9O+. The Labute approximate surface area is 60.7 Å². The minimum Gasteiger partial charge on any atom is -0.247 e. The van der Waals surface area contributed by atoms with E-state index in [0.29, 0.717) is 0 Å². The normalized spacial score (nSPS) is 8.80. The second-order valence-electron chi connectivity index (χ2n) is 2.06. The highest BCUT2D eigenvalue weighted by atomic mass is 16.1. The van der Waals surface area contributed by atoms with Gasteiger partial charge in [-0.3, -0.25) is 0 Å². The summed E-state index contributed by atoms with van der Waals surface area (Å²) in [6.45, 7) is 0. The highest BCUT2D eigenvalue weighted by molar-refractivity contribution is 5.61. The van der Waals surface area contributed by atoms with Gasteiger partial charge in [-0.1, -0.05) is 30.3 Å². The molecule has 0 aliphatic carbocycles. The molecule has 1 nitrogen and oxygen atoms in total. The van der Waals surface area contributed by atoms with Crippen molar-refractivity contribution < 1.29 is 4.79 Å². The Morgan fingerprint density at radius 3 is 2.60 bits per heavy atom. The third kappa shape index (κ3) is 1.94. The fourth-order valence-corrected chi connectivity index (χ4v) is 0.798. The van der Waals surface area contributed by atoms with Crippen LogP contribution >= 0.6 is 0 Å². The predicted octanol–water partition coefficient (Wildman–Crippen LogP) is 1.63. The first-order valence-corrected chi connectivity index (χ1v) is 3.24. The Kier molecular flexibility index (Phi) is 2.56. The third-order valence-corrected chi connectivity index (χ3v) is 1.29. The molecule has 0 saturated carbocycles. The highest BCUT2D eigenvalue weighted by Gasteiger charge is 1.96. The molecule has 0 saturated heterocycles. The first-order chi connectivity index (χ1) is 4.93. The van der Waals surface area contributed by atoms with E-state index in [4.69, 9.17) is 0 Å². The molecule has 1 aromatic rings. The van der Waals surface area contributed by atoms with E-state index in [1.165, 1.54) is 5.56 Å². The molecule has 0 spiro atoms. The molecule has 0 fully saturated rings. The minimum atomic E-state index is 0.740. The fourth-order valence-electron chi connectivity index (χ4n) is 0.798. The summed E-state index contributed by atoms with van der Waals surface area (Å²) < 4.78 is 0. The standard InChI is InChI=1S/C9H9O/c10-8-4-7-9-5-2-1-3-6-9/h1-6,8H,7H2/q+1. The fraction of sp³-hybridized carbons (Fsp3) is 0.111. The molecule has 0 N–H and O–H groups in total. The van der Waals surface area contributed by atoms with E-state index >= 15 is 0 Å². The smallest absolute Gasteiger partial charge is 0.247 e. The molecule has 0 bridgehead atoms. The van der Waals surface area contributed by atoms with Crippen molar-refractivity contribution in [3.8, 4) is 0 Å². The Hall–Kier alpha value is -1.24. The monoisotopic (exact) mass is 133 g/mol. The highest BCUT2D eigenvalue weighted by Crippen LogP contribution is 1.99. The number of hydrogen-bond acceptors (Lipinski definition) is 1. The summed E-state index contributed by atoms with van der Waals surface area (Å²) in [5.41, 5.74) is 1.18. The van der Waals surface area contributed by atoms with E-state index in [1.54, 1.807) is 6.42 Å². The lowest BCUT2D eigenvalue weighted by Gasteiger charge is -1.87. The van der Waals surface area contributed by atoms with Gasteiger partial charge in [0.1, 0.15) is 6.42 Å². The van der Waals surface area contributed by atoms with E-state index in [2.05, 4.69) is 0 Å². The van der Waals surface area contributed by atoms with Crippen LogP contribution in [0.25, 0.3) is 0 Å². The largest absolute Gasteiger partial charge is 0.294 e. The van der Waals surface area contributed by atoms with E-state index in [-0.39, 0.29) is 0 Å². The first-order valence-electron chi connectivity index (χ1n) is 3.24. The maximum absolute atomic E-state index is 9.92. The Morgan fingerprint density at radius 1 is 1.30 bits per heavy atom. The molecule has 0 heterocycles. The Morgan fingerprint density at radius 2 is 2.00 bits per heavy atom. The van der Waals surface area contributed by atoms with Gasteiger partial charge in [-0.05, 0) is 5.56 Å². The lowest BCUT2D eigenvalue weighted by molar-refractivity contribution is -0.105. The SMILES string of the molecule is O=C[CH+]Cc1ccccc1. The van der Waals surface area contributed by atoms with Crippen LogP contribution in [0.1, 0.15) is 5.56 Å². The average molecular weight is 133 g/mol. The summed E-state index contributed by atoms with van der Waals surface area (Å²) in [5, 5.41) is 0. The van der Waals surface area contributed by atoms with Crippen molar-refractivity contribution in [3.05, 3.63) is 42.3 Å². The maximum atomic E-state index is 9.92. The summed E-state index contributed by atoms with van der Waals surface area (Å²) in [4.78, 5) is 9.92. The zero-order valence-corrected chi connectivity index (χ0v) is 5.66. The van der Waals surface area contributed by atoms with Gasteiger partial charge in [0.25, 0.3) is 6.29 Å². The van der Waals surface area contributed by atoms with Crippen molar-refractivity contribution in [3.63, 3.8) is 0 Å². The van der Waals surface area contributed by atoms with Crippen molar-refractivity contribution in [2.45, 2.75) is 6.42 Å². The zero-order chi connectivity index (χ0) is 7.23. The summed E-state index contributed by atoms with van der Waals surface area (Å²) >= 11 is 0. The number of carbonyl (C=O) groups excluding carboxylic acids is 1. The number of benzene rings is 1. The van der Waals surface area contributed by atoms with Gasteiger partial charge in [0.05, 0.1) is 0 Å². The molecule has 10 heavy (non-hydrogen) atoms. The molecule has 0 aliphatic rings. The molecule has 1 rings (SSSR count). The second-order valence-corrected chi connectivity index (χ2v) is 2.06.